The quantitative estimate of drug-likeness (QED) is 0.171. The van der Waals surface area contributed by atoms with Gasteiger partial charge in [0, 0.05) is 28.6 Å². The van der Waals surface area contributed by atoms with Crippen LogP contribution in [0, 0.1) is 24.0 Å². The van der Waals surface area contributed by atoms with E-state index in [2.05, 4.69) is 0 Å². The summed E-state index contributed by atoms with van der Waals surface area (Å²) in [5.41, 5.74) is 4.36. The van der Waals surface area contributed by atoms with Crippen LogP contribution in [0.2, 0.25) is 0 Å². The van der Waals surface area contributed by atoms with E-state index in [1.54, 1.807) is 12.1 Å². The molecule has 0 radical (unpaired) electrons. The van der Waals surface area contributed by atoms with Crippen molar-refractivity contribution in [1.29, 1.82) is 0 Å². The number of carbonyl (C=O) groups is 2. The zero-order valence-corrected chi connectivity index (χ0v) is 18.1. The number of ether oxygens (including phenoxy) is 1. The van der Waals surface area contributed by atoms with Crippen LogP contribution in [0.3, 0.4) is 0 Å². The maximum atomic E-state index is 13.0. The zero-order valence-electron chi connectivity index (χ0n) is 18.1. The molecule has 0 aliphatic rings. The molecule has 4 rings (SSSR count). The van der Waals surface area contributed by atoms with Gasteiger partial charge in [0.05, 0.1) is 21.7 Å². The summed E-state index contributed by atoms with van der Waals surface area (Å²) >= 11 is 0. The number of hydrogen-bond donors (Lipinski definition) is 0. The highest BCUT2D eigenvalue weighted by Crippen LogP contribution is 2.27. The number of nitrogens with zero attached hydrogens (tertiary/aromatic N) is 2. The number of benzene rings is 3. The Morgan fingerprint density at radius 1 is 0.970 bits per heavy atom. The van der Waals surface area contributed by atoms with Gasteiger partial charge in [0.15, 0.2) is 6.61 Å². The number of ketones is 1. The third kappa shape index (κ3) is 4.62. The van der Waals surface area contributed by atoms with Gasteiger partial charge in [0.1, 0.15) is 0 Å². The van der Waals surface area contributed by atoms with Crippen molar-refractivity contribution in [3.63, 3.8) is 0 Å². The van der Waals surface area contributed by atoms with Crippen molar-refractivity contribution in [2.24, 2.45) is 0 Å². The second kappa shape index (κ2) is 9.00. The van der Waals surface area contributed by atoms with E-state index < -0.39 is 23.3 Å². The van der Waals surface area contributed by atoms with Gasteiger partial charge in [-0.2, -0.15) is 0 Å². The number of nitro benzene ring substituents is 1. The van der Waals surface area contributed by atoms with Crippen molar-refractivity contribution in [2.45, 2.75) is 13.8 Å². The molecule has 0 saturated heterocycles. The van der Waals surface area contributed by atoms with E-state index in [0.717, 1.165) is 22.8 Å². The topological polar surface area (TPSA) is 99.4 Å². The number of hydrogen-bond acceptors (Lipinski definition) is 6. The Morgan fingerprint density at radius 2 is 1.70 bits per heavy atom. The standard InChI is InChI=1S/C26H20N2O5/c1-16-9-11-18(12-10-16)23-14-22(21-8-3-5-17(2)25(21)27-23)26(30)33-15-24(29)19-6-4-7-20(13-19)28(31)32/h3-14H,15H2,1-2H3. The molecule has 1 aromatic heterocycles. The van der Waals surface area contributed by atoms with Crippen LogP contribution in [0.4, 0.5) is 5.69 Å². The van der Waals surface area contributed by atoms with Crippen LogP contribution in [0.25, 0.3) is 22.2 Å². The Kier molecular flexibility index (Phi) is 5.95. The fourth-order valence-corrected chi connectivity index (χ4v) is 3.52. The third-order valence-electron chi connectivity index (χ3n) is 5.32. The second-order valence-corrected chi connectivity index (χ2v) is 7.70. The van der Waals surface area contributed by atoms with Gasteiger partial charge in [0.25, 0.3) is 5.69 Å². The highest BCUT2D eigenvalue weighted by atomic mass is 16.6. The molecule has 0 spiro atoms. The first-order valence-corrected chi connectivity index (χ1v) is 10.3. The lowest BCUT2D eigenvalue weighted by Crippen LogP contribution is -2.15. The van der Waals surface area contributed by atoms with Crippen LogP contribution >= 0.6 is 0 Å². The number of para-hydroxylation sites is 1. The molecule has 7 heteroatoms. The van der Waals surface area contributed by atoms with Gasteiger partial charge in [0.2, 0.25) is 5.78 Å². The van der Waals surface area contributed by atoms with E-state index in [1.807, 2.05) is 50.2 Å². The average Bonchev–Trinajstić information content (AvgIpc) is 2.82. The second-order valence-electron chi connectivity index (χ2n) is 7.70. The maximum absolute atomic E-state index is 13.0. The molecule has 164 valence electrons. The fraction of sp³-hybridized carbons (Fsp3) is 0.115. The highest BCUT2D eigenvalue weighted by Gasteiger charge is 2.19. The van der Waals surface area contributed by atoms with Crippen molar-refractivity contribution >= 4 is 28.3 Å². The summed E-state index contributed by atoms with van der Waals surface area (Å²) in [7, 11) is 0. The first-order valence-electron chi connectivity index (χ1n) is 10.3. The number of fused-ring (bicyclic) bond motifs is 1. The number of rotatable bonds is 6. The van der Waals surface area contributed by atoms with Crippen molar-refractivity contribution in [3.05, 3.63) is 105 Å². The highest BCUT2D eigenvalue weighted by molar-refractivity contribution is 6.06. The number of non-ortho nitro benzene ring substituents is 1. The van der Waals surface area contributed by atoms with Gasteiger partial charge in [-0.05, 0) is 25.5 Å². The number of carbonyl (C=O) groups excluding carboxylic acids is 2. The Hall–Kier alpha value is -4.39. The summed E-state index contributed by atoms with van der Waals surface area (Å²) in [6.07, 6.45) is 0. The van der Waals surface area contributed by atoms with Crippen LogP contribution in [-0.4, -0.2) is 28.3 Å². The molecule has 4 aromatic rings. The molecule has 0 atom stereocenters. The molecule has 0 saturated carbocycles. The lowest BCUT2D eigenvalue weighted by Gasteiger charge is -2.11. The Labute approximate surface area is 189 Å². The molecular weight excluding hydrogens is 420 g/mol. The minimum Gasteiger partial charge on any atom is -0.454 e. The van der Waals surface area contributed by atoms with Gasteiger partial charge < -0.3 is 4.74 Å². The maximum Gasteiger partial charge on any atom is 0.339 e. The molecule has 1 heterocycles. The van der Waals surface area contributed by atoms with Crippen molar-refractivity contribution in [1.82, 2.24) is 4.98 Å². The van der Waals surface area contributed by atoms with Crippen LogP contribution in [0.1, 0.15) is 31.8 Å². The van der Waals surface area contributed by atoms with Gasteiger partial charge in [-0.1, -0.05) is 60.2 Å². The molecule has 3 aromatic carbocycles. The van der Waals surface area contributed by atoms with Crippen LogP contribution in [0.15, 0.2) is 72.8 Å². The van der Waals surface area contributed by atoms with Crippen molar-refractivity contribution in [2.75, 3.05) is 6.61 Å². The Bertz CT molecular complexity index is 1390. The van der Waals surface area contributed by atoms with E-state index in [4.69, 9.17) is 9.72 Å². The molecule has 0 bridgehead atoms. The zero-order chi connectivity index (χ0) is 23.5. The molecule has 0 amide bonds. The first-order chi connectivity index (χ1) is 15.8. The fourth-order valence-electron chi connectivity index (χ4n) is 3.52. The van der Waals surface area contributed by atoms with E-state index in [9.17, 15) is 19.7 Å². The van der Waals surface area contributed by atoms with Crippen molar-refractivity contribution < 1.29 is 19.2 Å². The lowest BCUT2D eigenvalue weighted by molar-refractivity contribution is -0.384. The SMILES string of the molecule is Cc1ccc(-c2cc(C(=O)OCC(=O)c3cccc([N+](=O)[O-])c3)c3cccc(C)c3n2)cc1. The summed E-state index contributed by atoms with van der Waals surface area (Å²) in [5, 5.41) is 11.6. The predicted molar refractivity (Wildman–Crippen MR) is 124 cm³/mol. The smallest absolute Gasteiger partial charge is 0.339 e. The van der Waals surface area contributed by atoms with Crippen molar-refractivity contribution in [3.8, 4) is 11.3 Å². The van der Waals surface area contributed by atoms with E-state index in [0.29, 0.717) is 22.2 Å². The molecule has 0 N–H and O–H groups in total. The summed E-state index contributed by atoms with van der Waals surface area (Å²) in [4.78, 5) is 40.6. The minimum atomic E-state index is -0.667. The number of aryl methyl sites for hydroxylation is 2. The van der Waals surface area contributed by atoms with Crippen LogP contribution in [0.5, 0.6) is 0 Å². The van der Waals surface area contributed by atoms with Gasteiger partial charge in [-0.25, -0.2) is 9.78 Å². The monoisotopic (exact) mass is 440 g/mol. The number of nitro groups is 1. The molecule has 0 aliphatic carbocycles. The van der Waals surface area contributed by atoms with Gasteiger partial charge in [-0.15, -0.1) is 0 Å². The lowest BCUT2D eigenvalue weighted by atomic mass is 10.0. The number of esters is 1. The molecule has 7 nitrogen and oxygen atoms in total. The first kappa shape index (κ1) is 21.8. The predicted octanol–water partition coefficient (Wildman–Crippen LogP) is 5.47. The molecule has 0 fully saturated rings. The van der Waals surface area contributed by atoms with E-state index in [1.165, 1.54) is 18.2 Å². The number of Topliss-reactive ketones (excluding diaryl/α,β-unsaturated/α-hetero) is 1. The summed E-state index contributed by atoms with van der Waals surface area (Å²) in [6, 6.07) is 20.3. The molecule has 0 aliphatic heterocycles. The van der Waals surface area contributed by atoms with Crippen LogP contribution in [-0.2, 0) is 4.74 Å². The summed E-state index contributed by atoms with van der Waals surface area (Å²) in [5.74, 6) is -1.19. The number of pyridine rings is 1. The molecule has 33 heavy (non-hydrogen) atoms. The van der Waals surface area contributed by atoms with E-state index in [-0.39, 0.29) is 11.3 Å². The summed E-state index contributed by atoms with van der Waals surface area (Å²) in [6.45, 7) is 3.37. The third-order valence-corrected chi connectivity index (χ3v) is 5.32. The number of aromatic nitrogens is 1. The summed E-state index contributed by atoms with van der Waals surface area (Å²) < 4.78 is 5.32. The largest absolute Gasteiger partial charge is 0.454 e. The average molecular weight is 440 g/mol. The normalized spacial score (nSPS) is 10.7. The molecule has 0 unspecified atom stereocenters. The Morgan fingerprint density at radius 3 is 2.42 bits per heavy atom. The molecular formula is C26H20N2O5. The Balaban J connectivity index is 1.65. The van der Waals surface area contributed by atoms with Gasteiger partial charge >= 0.3 is 5.97 Å². The van der Waals surface area contributed by atoms with Gasteiger partial charge in [-0.3, -0.25) is 14.9 Å². The van der Waals surface area contributed by atoms with Crippen LogP contribution < -0.4 is 0 Å². The van der Waals surface area contributed by atoms with E-state index >= 15 is 0 Å². The minimum absolute atomic E-state index is 0.104.